The number of rotatable bonds is 11. The van der Waals surface area contributed by atoms with Gasteiger partial charge in [0.05, 0.1) is 29.7 Å². The van der Waals surface area contributed by atoms with E-state index in [9.17, 15) is 14.4 Å². The lowest BCUT2D eigenvalue weighted by atomic mass is 10.0. The van der Waals surface area contributed by atoms with Crippen molar-refractivity contribution in [2.75, 3.05) is 46.1 Å². The topological polar surface area (TPSA) is 113 Å². The van der Waals surface area contributed by atoms with Crippen molar-refractivity contribution in [2.45, 2.75) is 13.5 Å². The molecule has 0 atom stereocenters. The van der Waals surface area contributed by atoms with Gasteiger partial charge in [0, 0.05) is 31.9 Å². The number of amides is 1. The van der Waals surface area contributed by atoms with Gasteiger partial charge in [-0.15, -0.1) is 0 Å². The van der Waals surface area contributed by atoms with Crippen LogP contribution in [0, 0.1) is 6.92 Å². The van der Waals surface area contributed by atoms with E-state index in [0.717, 1.165) is 29.8 Å². The number of nitrogens with two attached hydrogens (primary N) is 1. The number of hydrogen-bond donors (Lipinski definition) is 1. The van der Waals surface area contributed by atoms with Crippen LogP contribution in [0.4, 0.5) is 0 Å². The molecule has 2 N–H and O–H groups in total. The van der Waals surface area contributed by atoms with Crippen molar-refractivity contribution in [3.8, 4) is 16.9 Å². The Bertz CT molecular complexity index is 1560. The molecule has 1 saturated heterocycles. The maximum absolute atomic E-state index is 13.0. The van der Waals surface area contributed by atoms with Crippen molar-refractivity contribution in [1.82, 2.24) is 9.47 Å². The minimum atomic E-state index is -1.06. The second kappa shape index (κ2) is 12.8. The lowest BCUT2D eigenvalue weighted by Crippen LogP contribution is -2.38. The first-order chi connectivity index (χ1) is 19.9. The Hall–Kier alpha value is -4.47. The van der Waals surface area contributed by atoms with E-state index < -0.39 is 17.7 Å². The van der Waals surface area contributed by atoms with E-state index >= 15 is 0 Å². The van der Waals surface area contributed by atoms with Gasteiger partial charge in [-0.2, -0.15) is 0 Å². The number of esters is 1. The highest BCUT2D eigenvalue weighted by molar-refractivity contribution is 6.45. The van der Waals surface area contributed by atoms with Gasteiger partial charge in [-0.1, -0.05) is 54.6 Å². The summed E-state index contributed by atoms with van der Waals surface area (Å²) in [7, 11) is 0. The Labute approximate surface area is 238 Å². The van der Waals surface area contributed by atoms with Crippen LogP contribution < -0.4 is 10.5 Å². The second-order valence-corrected chi connectivity index (χ2v) is 9.92. The summed E-state index contributed by atoms with van der Waals surface area (Å²) in [5.41, 5.74) is 10.1. The second-order valence-electron chi connectivity index (χ2n) is 9.92. The van der Waals surface area contributed by atoms with Crippen LogP contribution in [0.15, 0.2) is 72.8 Å². The van der Waals surface area contributed by atoms with Crippen molar-refractivity contribution < 1.29 is 28.6 Å². The third kappa shape index (κ3) is 6.48. The number of ether oxygens (including phenoxy) is 3. The smallest absolute Gasteiger partial charge is 0.344 e. The molecule has 3 aromatic carbocycles. The molecule has 2 heterocycles. The van der Waals surface area contributed by atoms with Crippen LogP contribution in [0.1, 0.15) is 21.6 Å². The third-order valence-corrected chi connectivity index (χ3v) is 7.26. The average Bonchev–Trinajstić information content (AvgIpc) is 3.28. The van der Waals surface area contributed by atoms with E-state index in [2.05, 4.69) is 23.1 Å². The molecule has 0 bridgehead atoms. The summed E-state index contributed by atoms with van der Waals surface area (Å²) in [4.78, 5) is 39.7. The molecule has 1 aliphatic heterocycles. The van der Waals surface area contributed by atoms with E-state index in [1.165, 1.54) is 0 Å². The van der Waals surface area contributed by atoms with E-state index in [0.29, 0.717) is 48.6 Å². The van der Waals surface area contributed by atoms with Crippen molar-refractivity contribution >= 4 is 28.6 Å². The van der Waals surface area contributed by atoms with Gasteiger partial charge in [0.2, 0.25) is 0 Å². The summed E-state index contributed by atoms with van der Waals surface area (Å²) in [5.74, 6) is -2.09. The maximum Gasteiger partial charge on any atom is 0.344 e. The van der Waals surface area contributed by atoms with Gasteiger partial charge in [0.1, 0.15) is 12.4 Å². The molecular weight excluding hydrogens is 522 g/mol. The number of carbonyl (C=O) groups excluding carboxylic acids is 3. The number of hydrogen-bond acceptors (Lipinski definition) is 7. The first-order valence-corrected chi connectivity index (χ1v) is 13.6. The minimum absolute atomic E-state index is 0.169. The Kier molecular flexibility index (Phi) is 8.76. The highest BCUT2D eigenvalue weighted by Gasteiger charge is 2.26. The number of Topliss-reactive ketones (excluding diaryl/α,β-unsaturated/α-hetero) is 1. The number of primary amides is 1. The molecule has 212 valence electrons. The minimum Gasteiger partial charge on any atom is -0.481 e. The fourth-order valence-electron chi connectivity index (χ4n) is 5.17. The van der Waals surface area contributed by atoms with Gasteiger partial charge in [0.15, 0.2) is 6.61 Å². The van der Waals surface area contributed by atoms with Gasteiger partial charge >= 0.3 is 5.97 Å². The molecule has 0 aliphatic carbocycles. The third-order valence-electron chi connectivity index (χ3n) is 7.26. The summed E-state index contributed by atoms with van der Waals surface area (Å²) in [6.07, 6.45) is 0. The molecule has 0 spiro atoms. The van der Waals surface area contributed by atoms with E-state index in [1.54, 1.807) is 19.1 Å². The number of morpholine rings is 1. The maximum atomic E-state index is 13.0. The Morgan fingerprint density at radius 2 is 1.66 bits per heavy atom. The Balaban J connectivity index is 1.39. The first kappa shape index (κ1) is 28.1. The van der Waals surface area contributed by atoms with Gasteiger partial charge in [-0.25, -0.2) is 4.79 Å². The molecule has 0 unspecified atom stereocenters. The van der Waals surface area contributed by atoms with Crippen molar-refractivity contribution in [3.63, 3.8) is 0 Å². The zero-order valence-electron chi connectivity index (χ0n) is 23.0. The predicted octanol–water partition coefficient (Wildman–Crippen LogP) is 3.59. The molecule has 1 fully saturated rings. The van der Waals surface area contributed by atoms with Crippen LogP contribution in [0.2, 0.25) is 0 Å². The highest BCUT2D eigenvalue weighted by Crippen LogP contribution is 2.35. The SMILES string of the molecule is Cc1c(C(=O)C(N)=O)c2c(OCC(=O)OCCN3CCOCC3)cccc2n1Cc1cccc(-c2ccccc2)c1. The number of nitrogens with zero attached hydrogens (tertiary/aromatic N) is 2. The molecule has 1 aliphatic rings. The highest BCUT2D eigenvalue weighted by atomic mass is 16.6. The molecular formula is C32H33N3O6. The van der Waals surface area contributed by atoms with Crippen LogP contribution in [-0.4, -0.2) is 73.2 Å². The number of ketones is 1. The largest absolute Gasteiger partial charge is 0.481 e. The first-order valence-electron chi connectivity index (χ1n) is 13.6. The molecule has 41 heavy (non-hydrogen) atoms. The standard InChI is InChI=1S/C32H33N3O6/c1-22-29(31(37)32(33)38)30-26(35(22)20-23-7-5-10-25(19-23)24-8-3-2-4-9-24)11-6-12-27(30)41-21-28(36)40-18-15-34-13-16-39-17-14-34/h2-12,19H,13-18,20-21H2,1H3,(H2,33,38). The number of carbonyl (C=O) groups is 3. The quantitative estimate of drug-likeness (QED) is 0.171. The van der Waals surface area contributed by atoms with Gasteiger partial charge in [-0.3, -0.25) is 14.5 Å². The molecule has 1 aromatic heterocycles. The van der Waals surface area contributed by atoms with Gasteiger partial charge in [-0.05, 0) is 41.8 Å². The molecule has 4 aromatic rings. The molecule has 0 saturated carbocycles. The lowest BCUT2D eigenvalue weighted by Gasteiger charge is -2.26. The van der Waals surface area contributed by atoms with Crippen LogP contribution in [0.5, 0.6) is 5.75 Å². The zero-order chi connectivity index (χ0) is 28.8. The van der Waals surface area contributed by atoms with Crippen LogP contribution in [0.25, 0.3) is 22.0 Å². The zero-order valence-corrected chi connectivity index (χ0v) is 23.0. The van der Waals surface area contributed by atoms with Crippen molar-refractivity contribution in [3.05, 3.63) is 89.6 Å². The molecule has 0 radical (unpaired) electrons. The molecule has 9 nitrogen and oxygen atoms in total. The van der Waals surface area contributed by atoms with Crippen LogP contribution >= 0.6 is 0 Å². The van der Waals surface area contributed by atoms with Gasteiger partial charge in [0.25, 0.3) is 11.7 Å². The normalized spacial score (nSPS) is 13.7. The fourth-order valence-corrected chi connectivity index (χ4v) is 5.17. The predicted molar refractivity (Wildman–Crippen MR) is 155 cm³/mol. The Morgan fingerprint density at radius 3 is 2.41 bits per heavy atom. The summed E-state index contributed by atoms with van der Waals surface area (Å²) in [6.45, 7) is 5.71. The van der Waals surface area contributed by atoms with Crippen LogP contribution in [-0.2, 0) is 25.6 Å². The van der Waals surface area contributed by atoms with E-state index in [4.69, 9.17) is 19.9 Å². The number of fused-ring (bicyclic) bond motifs is 1. The molecule has 1 amide bonds. The average molecular weight is 556 g/mol. The van der Waals surface area contributed by atoms with Gasteiger partial charge < -0.3 is 24.5 Å². The summed E-state index contributed by atoms with van der Waals surface area (Å²) in [5, 5.41) is 0.439. The monoisotopic (exact) mass is 555 g/mol. The number of aromatic nitrogens is 1. The van der Waals surface area contributed by atoms with E-state index in [1.807, 2.05) is 47.0 Å². The molecule has 9 heteroatoms. The van der Waals surface area contributed by atoms with Crippen molar-refractivity contribution in [2.24, 2.45) is 5.73 Å². The molecule has 5 rings (SSSR count). The fraction of sp³-hybridized carbons (Fsp3) is 0.281. The summed E-state index contributed by atoms with van der Waals surface area (Å²) in [6, 6.07) is 23.5. The lowest BCUT2D eigenvalue weighted by molar-refractivity contribution is -0.146. The van der Waals surface area contributed by atoms with E-state index in [-0.39, 0.29) is 18.8 Å². The summed E-state index contributed by atoms with van der Waals surface area (Å²) >= 11 is 0. The summed E-state index contributed by atoms with van der Waals surface area (Å²) < 4.78 is 18.5. The number of benzene rings is 3. The van der Waals surface area contributed by atoms with Crippen molar-refractivity contribution in [1.29, 1.82) is 0 Å². The Morgan fingerprint density at radius 1 is 0.927 bits per heavy atom. The van der Waals surface area contributed by atoms with Crippen LogP contribution in [0.3, 0.4) is 0 Å².